The van der Waals surface area contributed by atoms with Gasteiger partial charge >= 0.3 is 12.2 Å². The number of hydrogen-bond acceptors (Lipinski definition) is 8. The van der Waals surface area contributed by atoms with Crippen molar-refractivity contribution in [3.8, 4) is 0 Å². The van der Waals surface area contributed by atoms with E-state index in [1.54, 1.807) is 6.92 Å². The molecule has 0 aliphatic rings. The highest BCUT2D eigenvalue weighted by Crippen LogP contribution is 2.27. The smallest absolute Gasteiger partial charge is 0.383 e. The molecule has 0 bridgehead atoms. The summed E-state index contributed by atoms with van der Waals surface area (Å²) in [5.74, 6) is 0. The molecule has 28 heavy (non-hydrogen) atoms. The number of halogens is 4. The summed E-state index contributed by atoms with van der Waals surface area (Å²) in [5.41, 5.74) is 0. The van der Waals surface area contributed by atoms with Crippen LogP contribution in [0.15, 0.2) is 0 Å². The highest BCUT2D eigenvalue weighted by molar-refractivity contribution is 4.58. The fraction of sp³-hybridized carbons (Fsp3) is 1.00. The van der Waals surface area contributed by atoms with Crippen LogP contribution in [0.1, 0.15) is 19.8 Å². The van der Waals surface area contributed by atoms with Gasteiger partial charge in [-0.2, -0.15) is 17.6 Å². The lowest BCUT2D eigenvalue weighted by atomic mass is 10.4. The van der Waals surface area contributed by atoms with E-state index >= 15 is 0 Å². The standard InChI is InChI=1S/C16H30F4O8/c1-2-5-25-11-15(17,18)28-16(19,20)12-27-13-26-8-7-24-10-14(22)9-23-6-3-4-21/h14,21-22H,2-13H2,1H3. The fourth-order valence-corrected chi connectivity index (χ4v) is 1.66. The number of ether oxygens (including phenoxy) is 6. The van der Waals surface area contributed by atoms with Gasteiger partial charge in [0.2, 0.25) is 0 Å². The molecule has 0 saturated heterocycles. The average molecular weight is 426 g/mol. The zero-order valence-corrected chi connectivity index (χ0v) is 15.9. The SMILES string of the molecule is CCCOCC(F)(F)OC(F)(F)COCOCCOCC(O)COCCCO. The van der Waals surface area contributed by atoms with Crippen molar-refractivity contribution in [1.82, 2.24) is 0 Å². The van der Waals surface area contributed by atoms with E-state index in [4.69, 9.17) is 19.3 Å². The largest absolute Gasteiger partial charge is 0.396 e. The average Bonchev–Trinajstić information content (AvgIpc) is 2.60. The number of alkyl halides is 4. The molecule has 0 amide bonds. The van der Waals surface area contributed by atoms with E-state index in [9.17, 15) is 22.7 Å². The predicted octanol–water partition coefficient (Wildman–Crippen LogP) is 1.38. The van der Waals surface area contributed by atoms with Crippen molar-refractivity contribution < 1.29 is 56.2 Å². The molecule has 0 rings (SSSR count). The third kappa shape index (κ3) is 17.5. The molecule has 2 N–H and O–H groups in total. The van der Waals surface area contributed by atoms with Gasteiger partial charge in [-0.3, -0.25) is 4.74 Å². The first-order valence-electron chi connectivity index (χ1n) is 8.86. The quantitative estimate of drug-likeness (QED) is 0.171. The molecule has 170 valence electrons. The summed E-state index contributed by atoms with van der Waals surface area (Å²) in [6.07, 6.45) is -8.27. The lowest BCUT2D eigenvalue weighted by Gasteiger charge is -2.23. The Labute approximate surface area is 161 Å². The van der Waals surface area contributed by atoms with Crippen molar-refractivity contribution in [2.45, 2.75) is 38.1 Å². The van der Waals surface area contributed by atoms with Crippen LogP contribution in [0.5, 0.6) is 0 Å². The first-order valence-corrected chi connectivity index (χ1v) is 8.86. The Morgan fingerprint density at radius 3 is 1.96 bits per heavy atom. The van der Waals surface area contributed by atoms with Crippen LogP contribution < -0.4 is 0 Å². The van der Waals surface area contributed by atoms with Gasteiger partial charge in [0.15, 0.2) is 0 Å². The molecule has 0 aromatic rings. The third-order valence-corrected chi connectivity index (χ3v) is 2.79. The van der Waals surface area contributed by atoms with Crippen molar-refractivity contribution in [3.05, 3.63) is 0 Å². The highest BCUT2D eigenvalue weighted by atomic mass is 19.3. The molecular formula is C16H30F4O8. The Bertz CT molecular complexity index is 364. The molecule has 0 spiro atoms. The van der Waals surface area contributed by atoms with Gasteiger partial charge in [-0.25, -0.2) is 0 Å². The molecule has 0 heterocycles. The topological polar surface area (TPSA) is 95.8 Å². The summed E-state index contributed by atoms with van der Waals surface area (Å²) in [7, 11) is 0. The van der Waals surface area contributed by atoms with Crippen LogP contribution in [0.25, 0.3) is 0 Å². The lowest BCUT2D eigenvalue weighted by Crippen LogP contribution is -2.39. The molecule has 1 atom stereocenters. The zero-order valence-electron chi connectivity index (χ0n) is 15.9. The summed E-state index contributed by atoms with van der Waals surface area (Å²) in [4.78, 5) is 0. The number of rotatable bonds is 20. The van der Waals surface area contributed by atoms with Gasteiger partial charge in [0.1, 0.15) is 26.1 Å². The van der Waals surface area contributed by atoms with Crippen LogP contribution in [0.2, 0.25) is 0 Å². The van der Waals surface area contributed by atoms with Crippen LogP contribution >= 0.6 is 0 Å². The van der Waals surface area contributed by atoms with Crippen molar-refractivity contribution in [2.75, 3.05) is 66.3 Å². The van der Waals surface area contributed by atoms with E-state index in [0.717, 1.165) is 0 Å². The van der Waals surface area contributed by atoms with E-state index in [0.29, 0.717) is 19.4 Å². The van der Waals surface area contributed by atoms with Gasteiger partial charge in [0, 0.05) is 19.8 Å². The molecule has 8 nitrogen and oxygen atoms in total. The summed E-state index contributed by atoms with van der Waals surface area (Å²) >= 11 is 0. The van der Waals surface area contributed by atoms with Crippen molar-refractivity contribution in [2.24, 2.45) is 0 Å². The number of hydrogen-bond donors (Lipinski definition) is 2. The van der Waals surface area contributed by atoms with Gasteiger partial charge < -0.3 is 33.9 Å². The van der Waals surface area contributed by atoms with E-state index in [1.165, 1.54) is 0 Å². The van der Waals surface area contributed by atoms with Crippen LogP contribution in [0, 0.1) is 0 Å². The van der Waals surface area contributed by atoms with Gasteiger partial charge in [0.25, 0.3) is 0 Å². The molecule has 0 fully saturated rings. The van der Waals surface area contributed by atoms with Crippen LogP contribution in [-0.2, 0) is 28.4 Å². The molecule has 0 aromatic heterocycles. The molecule has 1 unspecified atom stereocenters. The predicted molar refractivity (Wildman–Crippen MR) is 88.2 cm³/mol. The molecule has 12 heteroatoms. The minimum Gasteiger partial charge on any atom is -0.396 e. The highest BCUT2D eigenvalue weighted by Gasteiger charge is 2.44. The summed E-state index contributed by atoms with van der Waals surface area (Å²) in [6, 6.07) is 0. The molecule has 0 radical (unpaired) electrons. The Morgan fingerprint density at radius 2 is 1.36 bits per heavy atom. The molecule has 0 aliphatic heterocycles. The van der Waals surface area contributed by atoms with Crippen molar-refractivity contribution in [1.29, 1.82) is 0 Å². The Kier molecular flexibility index (Phi) is 15.9. The second-order valence-corrected chi connectivity index (χ2v) is 5.68. The number of aliphatic hydroxyl groups excluding tert-OH is 2. The van der Waals surface area contributed by atoms with E-state index in [-0.39, 0.29) is 39.6 Å². The summed E-state index contributed by atoms with van der Waals surface area (Å²) in [5, 5.41) is 18.0. The van der Waals surface area contributed by atoms with Crippen molar-refractivity contribution in [3.63, 3.8) is 0 Å². The first kappa shape index (κ1) is 27.4. The zero-order chi connectivity index (χ0) is 21.3. The minimum atomic E-state index is -4.21. The van der Waals surface area contributed by atoms with Crippen LogP contribution in [0.4, 0.5) is 17.6 Å². The van der Waals surface area contributed by atoms with Crippen molar-refractivity contribution >= 4 is 0 Å². The first-order chi connectivity index (χ1) is 13.2. The maximum Gasteiger partial charge on any atom is 0.383 e. The Balaban J connectivity index is 3.65. The van der Waals surface area contributed by atoms with E-state index in [1.807, 2.05) is 0 Å². The van der Waals surface area contributed by atoms with Gasteiger partial charge in [0.05, 0.1) is 26.4 Å². The second-order valence-electron chi connectivity index (χ2n) is 5.68. The monoisotopic (exact) mass is 426 g/mol. The summed E-state index contributed by atoms with van der Waals surface area (Å²) in [6.45, 7) is -1.20. The minimum absolute atomic E-state index is 0.000135. The maximum atomic E-state index is 13.3. The maximum absolute atomic E-state index is 13.3. The van der Waals surface area contributed by atoms with Crippen LogP contribution in [0.3, 0.4) is 0 Å². The Hall–Kier alpha value is -0.600. The van der Waals surface area contributed by atoms with E-state index < -0.39 is 38.3 Å². The summed E-state index contributed by atoms with van der Waals surface area (Å²) < 4.78 is 80.3. The van der Waals surface area contributed by atoms with Gasteiger partial charge in [-0.15, -0.1) is 0 Å². The third-order valence-electron chi connectivity index (χ3n) is 2.79. The molecular weight excluding hydrogens is 396 g/mol. The fourth-order valence-electron chi connectivity index (χ4n) is 1.66. The lowest BCUT2D eigenvalue weighted by molar-refractivity contribution is -0.395. The molecule has 0 saturated carbocycles. The molecule has 0 aromatic carbocycles. The van der Waals surface area contributed by atoms with E-state index in [2.05, 4.69) is 14.2 Å². The van der Waals surface area contributed by atoms with Crippen LogP contribution in [-0.4, -0.2) is 94.8 Å². The van der Waals surface area contributed by atoms with Gasteiger partial charge in [-0.05, 0) is 12.8 Å². The number of aliphatic hydroxyl groups is 2. The Morgan fingerprint density at radius 1 is 0.786 bits per heavy atom. The second kappa shape index (κ2) is 16.2. The molecule has 0 aliphatic carbocycles. The normalized spacial score (nSPS) is 13.8. The van der Waals surface area contributed by atoms with Gasteiger partial charge in [-0.1, -0.05) is 6.92 Å².